The molecule has 0 aromatic heterocycles. The van der Waals surface area contributed by atoms with E-state index in [1.165, 1.54) is 0 Å². The zero-order valence-corrected chi connectivity index (χ0v) is 10.3. The number of hydrogen-bond donors (Lipinski definition) is 1. The van der Waals surface area contributed by atoms with Crippen molar-refractivity contribution in [2.45, 2.75) is 33.5 Å². The van der Waals surface area contributed by atoms with Crippen LogP contribution in [0.1, 0.15) is 27.7 Å². The fraction of sp³-hybridized carbons (Fsp3) is 0.727. The van der Waals surface area contributed by atoms with E-state index in [-0.39, 0.29) is 12.4 Å². The number of hydrogen-bond acceptors (Lipinski definition) is 5. The van der Waals surface area contributed by atoms with Gasteiger partial charge in [-0.05, 0) is 27.7 Å². The van der Waals surface area contributed by atoms with E-state index in [4.69, 9.17) is 9.47 Å². The molecule has 0 saturated carbocycles. The van der Waals surface area contributed by atoms with Gasteiger partial charge < -0.3 is 19.3 Å². The first-order valence-electron chi connectivity index (χ1n) is 5.35. The summed E-state index contributed by atoms with van der Waals surface area (Å²) in [5.41, 5.74) is 0. The Balaban J connectivity index is 4.71. The minimum absolute atomic E-state index is 0.253. The molecule has 0 fully saturated rings. The van der Waals surface area contributed by atoms with Gasteiger partial charge in [-0.2, -0.15) is 0 Å². The van der Waals surface area contributed by atoms with E-state index in [0.29, 0.717) is 13.2 Å². The van der Waals surface area contributed by atoms with Crippen molar-refractivity contribution in [3.05, 3.63) is 11.8 Å². The van der Waals surface area contributed by atoms with Crippen LogP contribution in [-0.4, -0.2) is 36.7 Å². The third-order valence-corrected chi connectivity index (χ3v) is 1.85. The van der Waals surface area contributed by atoms with Crippen LogP contribution in [-0.2, 0) is 19.0 Å². The van der Waals surface area contributed by atoms with E-state index in [1.807, 2.05) is 0 Å². The van der Waals surface area contributed by atoms with Crippen LogP contribution in [0.4, 0.5) is 0 Å². The molecule has 5 heteroatoms. The Morgan fingerprint density at radius 1 is 1.19 bits per heavy atom. The molecule has 0 unspecified atom stereocenters. The minimum Gasteiger partial charge on any atom is -0.507 e. The van der Waals surface area contributed by atoms with E-state index < -0.39 is 11.8 Å². The van der Waals surface area contributed by atoms with Crippen molar-refractivity contribution in [1.29, 1.82) is 0 Å². The zero-order valence-electron chi connectivity index (χ0n) is 10.3. The largest absolute Gasteiger partial charge is 0.507 e. The number of carbonyl (C=O) groups excluding carboxylic acids is 1. The molecule has 5 nitrogen and oxygen atoms in total. The highest BCUT2D eigenvalue weighted by molar-refractivity contribution is 5.82. The summed E-state index contributed by atoms with van der Waals surface area (Å²) < 4.78 is 15.2. The second-order valence-electron chi connectivity index (χ2n) is 3.09. The standard InChI is InChI=1S/C11H20O5/c1-5-14-10(13)8-9(12)11(4,15-6-2)16-7-3/h8,12H,5-7H2,1-4H3. The van der Waals surface area contributed by atoms with Gasteiger partial charge in [0.05, 0.1) is 12.7 Å². The smallest absolute Gasteiger partial charge is 0.334 e. The molecule has 0 aliphatic rings. The Morgan fingerprint density at radius 3 is 2.06 bits per heavy atom. The van der Waals surface area contributed by atoms with E-state index in [2.05, 4.69) is 4.74 Å². The summed E-state index contributed by atoms with van der Waals surface area (Å²) in [6, 6.07) is 0. The molecular formula is C11H20O5. The lowest BCUT2D eigenvalue weighted by Gasteiger charge is -2.28. The Bertz CT molecular complexity index is 241. The lowest BCUT2D eigenvalue weighted by molar-refractivity contribution is -0.212. The van der Waals surface area contributed by atoms with Crippen LogP contribution in [0.25, 0.3) is 0 Å². The SMILES string of the molecule is CCOC(=O)C=C(O)C(C)(OCC)OCC. The maximum atomic E-state index is 11.1. The van der Waals surface area contributed by atoms with Gasteiger partial charge in [0.15, 0.2) is 5.76 Å². The number of rotatable bonds is 7. The first-order chi connectivity index (χ1) is 7.50. The van der Waals surface area contributed by atoms with Crippen molar-refractivity contribution >= 4 is 5.97 Å². The molecule has 0 amide bonds. The van der Waals surface area contributed by atoms with Crippen molar-refractivity contribution in [3.63, 3.8) is 0 Å². The average Bonchev–Trinajstić information content (AvgIpc) is 2.18. The Kier molecular flexibility index (Phi) is 6.76. The molecule has 0 aromatic carbocycles. The summed E-state index contributed by atoms with van der Waals surface area (Å²) >= 11 is 0. The highest BCUT2D eigenvalue weighted by Gasteiger charge is 2.31. The molecule has 16 heavy (non-hydrogen) atoms. The maximum absolute atomic E-state index is 11.1. The van der Waals surface area contributed by atoms with E-state index in [9.17, 15) is 9.90 Å². The van der Waals surface area contributed by atoms with Crippen molar-refractivity contribution in [2.75, 3.05) is 19.8 Å². The lowest BCUT2D eigenvalue weighted by atomic mass is 10.2. The summed E-state index contributed by atoms with van der Waals surface area (Å²) in [5.74, 6) is -2.21. The molecule has 0 bridgehead atoms. The number of aliphatic hydroxyl groups excluding tert-OH is 1. The highest BCUT2D eigenvalue weighted by atomic mass is 16.7. The molecule has 94 valence electrons. The summed E-state index contributed by atoms with van der Waals surface area (Å²) in [6.45, 7) is 7.75. The van der Waals surface area contributed by atoms with Gasteiger partial charge in [-0.3, -0.25) is 0 Å². The average molecular weight is 232 g/mol. The molecular weight excluding hydrogens is 212 g/mol. The lowest BCUT2D eigenvalue weighted by Crippen LogP contribution is -2.35. The molecule has 0 saturated heterocycles. The van der Waals surface area contributed by atoms with Crippen molar-refractivity contribution in [3.8, 4) is 0 Å². The van der Waals surface area contributed by atoms with E-state index in [1.54, 1.807) is 27.7 Å². The fourth-order valence-corrected chi connectivity index (χ4v) is 1.17. The van der Waals surface area contributed by atoms with Gasteiger partial charge in [-0.25, -0.2) is 4.79 Å². The van der Waals surface area contributed by atoms with Crippen molar-refractivity contribution in [2.24, 2.45) is 0 Å². The maximum Gasteiger partial charge on any atom is 0.334 e. The first-order valence-corrected chi connectivity index (χ1v) is 5.35. The normalized spacial score (nSPS) is 12.6. The summed E-state index contributed by atoms with van der Waals surface area (Å²) in [7, 11) is 0. The number of carbonyl (C=O) groups is 1. The van der Waals surface area contributed by atoms with Crippen LogP contribution in [0.3, 0.4) is 0 Å². The number of esters is 1. The van der Waals surface area contributed by atoms with Crippen LogP contribution in [0, 0.1) is 0 Å². The van der Waals surface area contributed by atoms with Crippen LogP contribution in [0.5, 0.6) is 0 Å². The van der Waals surface area contributed by atoms with E-state index in [0.717, 1.165) is 6.08 Å². The minimum atomic E-state index is -1.30. The molecule has 0 heterocycles. The van der Waals surface area contributed by atoms with Crippen molar-refractivity contribution in [1.82, 2.24) is 0 Å². The third-order valence-electron chi connectivity index (χ3n) is 1.85. The zero-order chi connectivity index (χ0) is 12.6. The Morgan fingerprint density at radius 2 is 1.69 bits per heavy atom. The van der Waals surface area contributed by atoms with Gasteiger partial charge in [0.1, 0.15) is 0 Å². The van der Waals surface area contributed by atoms with Gasteiger partial charge >= 0.3 is 5.97 Å². The fourth-order valence-electron chi connectivity index (χ4n) is 1.17. The Labute approximate surface area is 96.0 Å². The molecule has 0 radical (unpaired) electrons. The molecule has 0 rings (SSSR count). The van der Waals surface area contributed by atoms with E-state index >= 15 is 0 Å². The molecule has 0 aromatic rings. The highest BCUT2D eigenvalue weighted by Crippen LogP contribution is 2.21. The summed E-state index contributed by atoms with van der Waals surface area (Å²) in [5, 5.41) is 9.74. The second kappa shape index (κ2) is 7.24. The summed E-state index contributed by atoms with van der Waals surface area (Å²) in [6.07, 6.45) is 0.967. The molecule has 0 spiro atoms. The van der Waals surface area contributed by atoms with Crippen LogP contribution >= 0.6 is 0 Å². The predicted molar refractivity (Wildman–Crippen MR) is 59.0 cm³/mol. The van der Waals surface area contributed by atoms with Gasteiger partial charge in [-0.1, -0.05) is 0 Å². The second-order valence-corrected chi connectivity index (χ2v) is 3.09. The topological polar surface area (TPSA) is 65.0 Å². The quantitative estimate of drug-likeness (QED) is 0.314. The monoisotopic (exact) mass is 232 g/mol. The number of ether oxygens (including phenoxy) is 3. The van der Waals surface area contributed by atoms with Gasteiger partial charge in [0, 0.05) is 13.2 Å². The first kappa shape index (κ1) is 14.9. The van der Waals surface area contributed by atoms with Crippen molar-refractivity contribution < 1.29 is 24.1 Å². The molecule has 1 N–H and O–H groups in total. The molecule has 0 aliphatic carbocycles. The van der Waals surface area contributed by atoms with Gasteiger partial charge in [0.2, 0.25) is 5.79 Å². The van der Waals surface area contributed by atoms with Gasteiger partial charge in [0.25, 0.3) is 0 Å². The predicted octanol–water partition coefficient (Wildman–Crippen LogP) is 1.78. The summed E-state index contributed by atoms with van der Waals surface area (Å²) in [4.78, 5) is 11.1. The molecule has 0 aliphatic heterocycles. The van der Waals surface area contributed by atoms with Crippen LogP contribution in [0.15, 0.2) is 11.8 Å². The van der Waals surface area contributed by atoms with Crippen LogP contribution < -0.4 is 0 Å². The number of aliphatic hydroxyl groups is 1. The third kappa shape index (κ3) is 4.63. The molecule has 0 atom stereocenters. The Hall–Kier alpha value is -1.07. The van der Waals surface area contributed by atoms with Crippen LogP contribution in [0.2, 0.25) is 0 Å². The van der Waals surface area contributed by atoms with Gasteiger partial charge in [-0.15, -0.1) is 0 Å².